The minimum Gasteiger partial charge on any atom is -0.370 e. The van der Waals surface area contributed by atoms with Crippen LogP contribution in [0.1, 0.15) is 24.0 Å². The van der Waals surface area contributed by atoms with Gasteiger partial charge in [0.1, 0.15) is 11.9 Å². The molecule has 1 aliphatic heterocycles. The van der Waals surface area contributed by atoms with E-state index in [2.05, 4.69) is 28.1 Å². The van der Waals surface area contributed by atoms with Crippen molar-refractivity contribution in [3.63, 3.8) is 0 Å². The number of pyridine rings is 1. The number of allylic oxidation sites excluding steroid dienone is 2. The van der Waals surface area contributed by atoms with E-state index < -0.39 is 0 Å². The summed E-state index contributed by atoms with van der Waals surface area (Å²) in [4.78, 5) is 19.3. The number of nitrogens with one attached hydrogen (secondary N) is 1. The Kier molecular flexibility index (Phi) is 7.63. The number of hydrogen-bond acceptors (Lipinski definition) is 6. The molecule has 1 aromatic carbocycles. The highest BCUT2D eigenvalue weighted by molar-refractivity contribution is 6.30. The summed E-state index contributed by atoms with van der Waals surface area (Å²) < 4.78 is 0. The average molecular weight is 449 g/mol. The van der Waals surface area contributed by atoms with Gasteiger partial charge < -0.3 is 16.1 Å². The Morgan fingerprint density at radius 1 is 1.38 bits per heavy atom. The fourth-order valence-corrected chi connectivity index (χ4v) is 3.94. The summed E-state index contributed by atoms with van der Waals surface area (Å²) in [5.74, 6) is 6.11. The second-order valence-corrected chi connectivity index (χ2v) is 8.21. The molecule has 32 heavy (non-hydrogen) atoms. The summed E-state index contributed by atoms with van der Waals surface area (Å²) in [6, 6.07) is 13.3. The van der Waals surface area contributed by atoms with Gasteiger partial charge >= 0.3 is 0 Å². The van der Waals surface area contributed by atoms with Gasteiger partial charge in [0.25, 0.3) is 5.91 Å². The first-order valence-corrected chi connectivity index (χ1v) is 10.5. The Morgan fingerprint density at radius 2 is 2.12 bits per heavy atom. The number of nitrogens with two attached hydrogens (primary N) is 1. The fraction of sp³-hybridized carbons (Fsp3) is 0.250. The SMILES string of the molecule is C=C(C)/C=C(\C=N/N)C(=O)N1CC(CNc2ccc(C#N)cn2)C(c2ccc(Cl)cc2)C1. The maximum absolute atomic E-state index is 13.2. The number of rotatable bonds is 7. The number of amides is 1. The standard InChI is InChI=1S/C24H25ClN6O/c1-16(2)9-19(13-30-27)24(32)31-14-20(12-29-23-8-3-17(10-26)11-28-23)22(15-31)18-4-6-21(25)7-5-18/h3-9,11,13,20,22H,1,12,14-15,27H2,2H3,(H,28,29)/b19-9+,30-13-. The molecule has 1 amide bonds. The lowest BCUT2D eigenvalue weighted by Gasteiger charge is -2.19. The Hall–Kier alpha value is -3.63. The van der Waals surface area contributed by atoms with Crippen molar-refractivity contribution in [2.45, 2.75) is 12.8 Å². The van der Waals surface area contributed by atoms with Crippen molar-refractivity contribution in [1.82, 2.24) is 9.88 Å². The van der Waals surface area contributed by atoms with Crippen LogP contribution >= 0.6 is 11.6 Å². The molecule has 0 bridgehead atoms. The van der Waals surface area contributed by atoms with E-state index in [-0.39, 0.29) is 17.7 Å². The Morgan fingerprint density at radius 3 is 2.72 bits per heavy atom. The van der Waals surface area contributed by atoms with E-state index in [1.165, 1.54) is 12.4 Å². The van der Waals surface area contributed by atoms with E-state index in [9.17, 15) is 4.79 Å². The van der Waals surface area contributed by atoms with Gasteiger partial charge in [-0.25, -0.2) is 4.98 Å². The molecule has 0 saturated carbocycles. The van der Waals surface area contributed by atoms with Crippen LogP contribution in [-0.2, 0) is 4.79 Å². The quantitative estimate of drug-likeness (QED) is 0.221. The normalized spacial score (nSPS) is 18.5. The topological polar surface area (TPSA) is 107 Å². The number of anilines is 1. The summed E-state index contributed by atoms with van der Waals surface area (Å²) in [6.45, 7) is 7.39. The minimum absolute atomic E-state index is 0.114. The predicted octanol–water partition coefficient (Wildman–Crippen LogP) is 3.71. The van der Waals surface area contributed by atoms with E-state index in [0.717, 1.165) is 11.1 Å². The Balaban J connectivity index is 1.81. The molecule has 0 aliphatic carbocycles. The number of halogens is 1. The molecule has 1 saturated heterocycles. The summed E-state index contributed by atoms with van der Waals surface area (Å²) in [5, 5.41) is 16.5. The van der Waals surface area contributed by atoms with Gasteiger partial charge in [0, 0.05) is 42.7 Å². The van der Waals surface area contributed by atoms with Gasteiger partial charge in [0.2, 0.25) is 0 Å². The monoisotopic (exact) mass is 448 g/mol. The van der Waals surface area contributed by atoms with Crippen LogP contribution in [0.15, 0.2) is 71.5 Å². The lowest BCUT2D eigenvalue weighted by atomic mass is 9.89. The number of nitriles is 1. The molecule has 3 rings (SSSR count). The second-order valence-electron chi connectivity index (χ2n) is 7.78. The molecule has 7 nitrogen and oxygen atoms in total. The molecule has 1 aromatic heterocycles. The number of hydrogen-bond donors (Lipinski definition) is 2. The van der Waals surface area contributed by atoms with Gasteiger partial charge in [-0.05, 0) is 42.8 Å². The van der Waals surface area contributed by atoms with Crippen LogP contribution in [-0.4, -0.2) is 41.6 Å². The number of aromatic nitrogens is 1. The van der Waals surface area contributed by atoms with Crippen LogP contribution in [0.25, 0.3) is 0 Å². The number of carbonyl (C=O) groups is 1. The molecule has 2 heterocycles. The first-order chi connectivity index (χ1) is 15.4. The van der Waals surface area contributed by atoms with Crippen molar-refractivity contribution in [2.24, 2.45) is 16.9 Å². The zero-order chi connectivity index (χ0) is 23.1. The molecule has 0 radical (unpaired) electrons. The van der Waals surface area contributed by atoms with Gasteiger partial charge in [-0.3, -0.25) is 4.79 Å². The molecular formula is C24H25ClN6O. The van der Waals surface area contributed by atoms with E-state index in [1.807, 2.05) is 36.1 Å². The summed E-state index contributed by atoms with van der Waals surface area (Å²) >= 11 is 6.07. The van der Waals surface area contributed by atoms with Crippen LogP contribution in [0.2, 0.25) is 5.02 Å². The molecule has 164 valence electrons. The van der Waals surface area contributed by atoms with Crippen molar-refractivity contribution in [1.29, 1.82) is 5.26 Å². The van der Waals surface area contributed by atoms with Crippen molar-refractivity contribution in [3.8, 4) is 6.07 Å². The van der Waals surface area contributed by atoms with Gasteiger partial charge in [-0.2, -0.15) is 10.4 Å². The van der Waals surface area contributed by atoms with E-state index >= 15 is 0 Å². The number of carbonyl (C=O) groups excluding carboxylic acids is 1. The third-order valence-corrected chi connectivity index (χ3v) is 5.58. The molecule has 1 fully saturated rings. The van der Waals surface area contributed by atoms with Gasteiger partial charge in [0.05, 0.1) is 17.4 Å². The van der Waals surface area contributed by atoms with Crippen molar-refractivity contribution in [2.75, 3.05) is 25.0 Å². The molecule has 0 spiro atoms. The maximum atomic E-state index is 13.2. The van der Waals surface area contributed by atoms with Gasteiger partial charge in [0.15, 0.2) is 0 Å². The highest BCUT2D eigenvalue weighted by Gasteiger charge is 2.36. The molecule has 2 aromatic rings. The minimum atomic E-state index is -0.139. The summed E-state index contributed by atoms with van der Waals surface area (Å²) in [5.41, 5.74) is 2.76. The van der Waals surface area contributed by atoms with Crippen molar-refractivity contribution >= 4 is 29.5 Å². The highest BCUT2D eigenvalue weighted by Crippen LogP contribution is 2.34. The highest BCUT2D eigenvalue weighted by atomic mass is 35.5. The smallest absolute Gasteiger partial charge is 0.255 e. The van der Waals surface area contributed by atoms with E-state index in [1.54, 1.807) is 18.2 Å². The van der Waals surface area contributed by atoms with Crippen LogP contribution in [0.5, 0.6) is 0 Å². The number of benzene rings is 1. The first-order valence-electron chi connectivity index (χ1n) is 10.2. The molecule has 3 N–H and O–H groups in total. The Bertz CT molecular complexity index is 1070. The molecule has 2 unspecified atom stereocenters. The maximum Gasteiger partial charge on any atom is 0.255 e. The van der Waals surface area contributed by atoms with Crippen LogP contribution in [0.4, 0.5) is 5.82 Å². The van der Waals surface area contributed by atoms with Gasteiger partial charge in [-0.1, -0.05) is 35.9 Å². The lowest BCUT2D eigenvalue weighted by molar-refractivity contribution is -0.125. The number of likely N-dealkylation sites (tertiary alicyclic amines) is 1. The predicted molar refractivity (Wildman–Crippen MR) is 127 cm³/mol. The Labute approximate surface area is 192 Å². The van der Waals surface area contributed by atoms with Crippen LogP contribution < -0.4 is 11.2 Å². The van der Waals surface area contributed by atoms with Gasteiger partial charge in [-0.15, -0.1) is 0 Å². The van der Waals surface area contributed by atoms with Crippen molar-refractivity contribution in [3.05, 3.63) is 82.5 Å². The van der Waals surface area contributed by atoms with E-state index in [4.69, 9.17) is 22.7 Å². The molecule has 8 heteroatoms. The largest absolute Gasteiger partial charge is 0.370 e. The second kappa shape index (κ2) is 10.6. The molecule has 1 aliphatic rings. The number of hydrazone groups is 1. The fourth-order valence-electron chi connectivity index (χ4n) is 3.81. The zero-order valence-corrected chi connectivity index (χ0v) is 18.6. The van der Waals surface area contributed by atoms with E-state index in [0.29, 0.717) is 41.6 Å². The van der Waals surface area contributed by atoms with Crippen LogP contribution in [0.3, 0.4) is 0 Å². The lowest BCUT2D eigenvalue weighted by Crippen LogP contribution is -2.31. The van der Waals surface area contributed by atoms with Crippen LogP contribution in [0, 0.1) is 17.2 Å². The third kappa shape index (κ3) is 5.74. The zero-order valence-electron chi connectivity index (χ0n) is 17.8. The first kappa shape index (κ1) is 23.0. The summed E-state index contributed by atoms with van der Waals surface area (Å²) in [6.07, 6.45) is 4.58. The third-order valence-electron chi connectivity index (χ3n) is 5.33. The molecular weight excluding hydrogens is 424 g/mol. The molecule has 2 atom stereocenters. The number of nitrogens with zero attached hydrogens (tertiary/aromatic N) is 4. The average Bonchev–Trinajstić information content (AvgIpc) is 3.21. The summed E-state index contributed by atoms with van der Waals surface area (Å²) in [7, 11) is 0. The van der Waals surface area contributed by atoms with Crippen molar-refractivity contribution < 1.29 is 4.79 Å².